The van der Waals surface area contributed by atoms with Gasteiger partial charge in [0.1, 0.15) is 0 Å². The lowest BCUT2D eigenvalue weighted by Gasteiger charge is -2.31. The van der Waals surface area contributed by atoms with Crippen LogP contribution in [0.1, 0.15) is 25.7 Å². The first-order valence-electron chi connectivity index (χ1n) is 10.1. The fourth-order valence-electron chi connectivity index (χ4n) is 3.84. The van der Waals surface area contributed by atoms with Crippen molar-refractivity contribution in [3.63, 3.8) is 0 Å². The quantitative estimate of drug-likeness (QED) is 0.648. The van der Waals surface area contributed by atoms with Crippen LogP contribution in [-0.2, 0) is 11.3 Å². The van der Waals surface area contributed by atoms with Crippen molar-refractivity contribution in [2.24, 2.45) is 0 Å². The summed E-state index contributed by atoms with van der Waals surface area (Å²) >= 11 is 1.67. The van der Waals surface area contributed by atoms with Gasteiger partial charge in [0.15, 0.2) is 0 Å². The Hall–Kier alpha value is -2.58. The van der Waals surface area contributed by atoms with Gasteiger partial charge in [-0.15, -0.1) is 11.3 Å². The van der Waals surface area contributed by atoms with Crippen LogP contribution in [0, 0.1) is 0 Å². The second kappa shape index (κ2) is 9.28. The second-order valence-corrected chi connectivity index (χ2v) is 8.33. The van der Waals surface area contributed by atoms with Crippen molar-refractivity contribution in [1.29, 1.82) is 0 Å². The van der Waals surface area contributed by atoms with Crippen LogP contribution < -0.4 is 5.32 Å². The minimum absolute atomic E-state index is 0.114. The minimum atomic E-state index is 0.114. The van der Waals surface area contributed by atoms with Crippen LogP contribution in [0.2, 0.25) is 0 Å². The lowest BCUT2D eigenvalue weighted by molar-refractivity contribution is -0.122. The SMILES string of the molecule is CN1CCCCC1CC(=O)NCCn1ncc(-c2cnccn2)c1-c1cccs1. The Morgan fingerprint density at radius 2 is 2.24 bits per heavy atom. The van der Waals surface area contributed by atoms with Crippen LogP contribution in [0.4, 0.5) is 0 Å². The fourth-order valence-corrected chi connectivity index (χ4v) is 4.63. The Morgan fingerprint density at radius 3 is 3.00 bits per heavy atom. The zero-order valence-electron chi connectivity index (χ0n) is 16.6. The molecule has 1 saturated heterocycles. The van der Waals surface area contributed by atoms with Crippen LogP contribution in [0.25, 0.3) is 21.8 Å². The summed E-state index contributed by atoms with van der Waals surface area (Å²) in [4.78, 5) is 24.4. The molecule has 4 rings (SSSR count). The topological polar surface area (TPSA) is 75.9 Å². The number of hydrogen-bond acceptors (Lipinski definition) is 6. The van der Waals surface area contributed by atoms with E-state index < -0.39 is 0 Å². The number of nitrogens with zero attached hydrogens (tertiary/aromatic N) is 5. The minimum Gasteiger partial charge on any atom is -0.354 e. The molecule has 1 aliphatic rings. The van der Waals surface area contributed by atoms with E-state index in [1.807, 2.05) is 16.9 Å². The summed E-state index contributed by atoms with van der Waals surface area (Å²) in [5, 5.41) is 9.69. The van der Waals surface area contributed by atoms with Gasteiger partial charge in [-0.05, 0) is 37.9 Å². The third-order valence-corrected chi connectivity index (χ3v) is 6.30. The number of piperidine rings is 1. The summed E-state index contributed by atoms with van der Waals surface area (Å²) < 4.78 is 1.95. The molecular formula is C21H26N6OS. The van der Waals surface area contributed by atoms with E-state index in [-0.39, 0.29) is 5.91 Å². The summed E-state index contributed by atoms with van der Waals surface area (Å²) in [5.41, 5.74) is 2.77. The predicted molar refractivity (Wildman–Crippen MR) is 114 cm³/mol. The van der Waals surface area contributed by atoms with Crippen molar-refractivity contribution < 1.29 is 4.79 Å². The van der Waals surface area contributed by atoms with Crippen LogP contribution in [0.5, 0.6) is 0 Å². The maximum atomic E-state index is 12.4. The summed E-state index contributed by atoms with van der Waals surface area (Å²) in [6.45, 7) is 2.25. The molecular weight excluding hydrogens is 384 g/mol. The van der Waals surface area contributed by atoms with Crippen molar-refractivity contribution in [2.75, 3.05) is 20.1 Å². The van der Waals surface area contributed by atoms with Gasteiger partial charge in [0.2, 0.25) is 5.91 Å². The number of amides is 1. The van der Waals surface area contributed by atoms with Crippen LogP contribution in [0.3, 0.4) is 0 Å². The van der Waals surface area contributed by atoms with Gasteiger partial charge >= 0.3 is 0 Å². The zero-order chi connectivity index (χ0) is 20.1. The van der Waals surface area contributed by atoms with Gasteiger partial charge in [0.05, 0.1) is 35.2 Å². The third kappa shape index (κ3) is 4.71. The number of thiophene rings is 1. The van der Waals surface area contributed by atoms with E-state index >= 15 is 0 Å². The number of likely N-dealkylation sites (tertiary alicyclic amines) is 1. The zero-order valence-corrected chi connectivity index (χ0v) is 17.4. The fraction of sp³-hybridized carbons (Fsp3) is 0.429. The molecule has 4 heterocycles. The molecule has 0 aliphatic carbocycles. The first kappa shape index (κ1) is 19.7. The molecule has 3 aromatic heterocycles. The molecule has 7 nitrogen and oxygen atoms in total. The number of carbonyl (C=O) groups excluding carboxylic acids is 1. The van der Waals surface area contributed by atoms with Crippen molar-refractivity contribution in [1.82, 2.24) is 30.0 Å². The average Bonchev–Trinajstić information content (AvgIpc) is 3.40. The van der Waals surface area contributed by atoms with Gasteiger partial charge in [-0.2, -0.15) is 5.10 Å². The van der Waals surface area contributed by atoms with Gasteiger partial charge in [0.25, 0.3) is 0 Å². The maximum Gasteiger partial charge on any atom is 0.221 e. The normalized spacial score (nSPS) is 17.3. The van der Waals surface area contributed by atoms with E-state index in [0.29, 0.717) is 25.6 Å². The number of hydrogen-bond donors (Lipinski definition) is 1. The number of rotatable bonds is 7. The standard InChI is InChI=1S/C21H26N6OS/c1-26-10-3-2-5-16(26)13-20(28)24-9-11-27-21(19-6-4-12-29-19)17(14-25-27)18-15-22-7-8-23-18/h4,6-8,12,14-16H,2-3,5,9-11,13H2,1H3,(H,24,28). The summed E-state index contributed by atoms with van der Waals surface area (Å²) in [6, 6.07) is 4.47. The summed E-state index contributed by atoms with van der Waals surface area (Å²) in [5.74, 6) is 0.114. The molecule has 3 aromatic rings. The molecule has 1 amide bonds. The molecule has 29 heavy (non-hydrogen) atoms. The van der Waals surface area contributed by atoms with E-state index in [2.05, 4.69) is 43.8 Å². The monoisotopic (exact) mass is 410 g/mol. The molecule has 1 atom stereocenters. The molecule has 1 unspecified atom stereocenters. The van der Waals surface area contributed by atoms with Crippen LogP contribution in [0.15, 0.2) is 42.3 Å². The first-order chi connectivity index (χ1) is 14.2. The number of nitrogens with one attached hydrogen (secondary N) is 1. The molecule has 1 N–H and O–H groups in total. The van der Waals surface area contributed by atoms with Crippen LogP contribution >= 0.6 is 11.3 Å². The smallest absolute Gasteiger partial charge is 0.221 e. The number of aromatic nitrogens is 4. The summed E-state index contributed by atoms with van der Waals surface area (Å²) in [6.07, 6.45) is 11.0. The molecule has 8 heteroatoms. The highest BCUT2D eigenvalue weighted by molar-refractivity contribution is 7.13. The van der Waals surface area contributed by atoms with Gasteiger partial charge < -0.3 is 10.2 Å². The maximum absolute atomic E-state index is 12.4. The van der Waals surface area contributed by atoms with Crippen molar-refractivity contribution in [3.05, 3.63) is 42.3 Å². The molecule has 152 valence electrons. The van der Waals surface area contributed by atoms with Gasteiger partial charge in [-0.25, -0.2) is 0 Å². The van der Waals surface area contributed by atoms with Gasteiger partial charge in [0, 0.05) is 37.0 Å². The van der Waals surface area contributed by atoms with E-state index in [1.54, 1.807) is 29.9 Å². The van der Waals surface area contributed by atoms with Crippen molar-refractivity contribution >= 4 is 17.2 Å². The Morgan fingerprint density at radius 1 is 1.31 bits per heavy atom. The van der Waals surface area contributed by atoms with Crippen molar-refractivity contribution in [3.8, 4) is 21.8 Å². The Labute approximate surface area is 174 Å². The van der Waals surface area contributed by atoms with Gasteiger partial charge in [-0.1, -0.05) is 12.5 Å². The van der Waals surface area contributed by atoms with E-state index in [1.165, 1.54) is 12.8 Å². The first-order valence-corrected chi connectivity index (χ1v) is 10.9. The lowest BCUT2D eigenvalue weighted by Crippen LogP contribution is -2.40. The molecule has 1 fully saturated rings. The molecule has 0 bridgehead atoms. The van der Waals surface area contributed by atoms with Gasteiger partial charge in [-0.3, -0.25) is 19.4 Å². The Bertz CT molecular complexity index is 924. The number of carbonyl (C=O) groups is 1. The second-order valence-electron chi connectivity index (χ2n) is 7.38. The van der Waals surface area contributed by atoms with E-state index in [9.17, 15) is 4.79 Å². The summed E-state index contributed by atoms with van der Waals surface area (Å²) in [7, 11) is 2.11. The lowest BCUT2D eigenvalue weighted by atomic mass is 10.00. The average molecular weight is 411 g/mol. The molecule has 0 radical (unpaired) electrons. The van der Waals surface area contributed by atoms with Crippen LogP contribution in [-0.4, -0.2) is 56.7 Å². The van der Waals surface area contributed by atoms with Crippen molar-refractivity contribution in [2.45, 2.75) is 38.3 Å². The third-order valence-electron chi connectivity index (χ3n) is 5.42. The Balaban J connectivity index is 1.42. The highest BCUT2D eigenvalue weighted by atomic mass is 32.1. The molecule has 1 aliphatic heterocycles. The highest BCUT2D eigenvalue weighted by Crippen LogP contribution is 2.33. The largest absolute Gasteiger partial charge is 0.354 e. The molecule has 0 spiro atoms. The highest BCUT2D eigenvalue weighted by Gasteiger charge is 2.22. The predicted octanol–water partition coefficient (Wildman–Crippen LogP) is 3.06. The van der Waals surface area contributed by atoms with E-state index in [0.717, 1.165) is 34.8 Å². The molecule has 0 saturated carbocycles. The Kier molecular flexibility index (Phi) is 6.31. The molecule has 0 aromatic carbocycles. The van der Waals surface area contributed by atoms with E-state index in [4.69, 9.17) is 0 Å².